The summed E-state index contributed by atoms with van der Waals surface area (Å²) in [7, 11) is 0. The van der Waals surface area contributed by atoms with E-state index in [1.165, 1.54) is 25.0 Å². The first-order valence-corrected chi connectivity index (χ1v) is 9.38. The molecule has 1 aliphatic heterocycles. The first kappa shape index (κ1) is 16.6. The van der Waals surface area contributed by atoms with Crippen molar-refractivity contribution in [2.24, 2.45) is 5.92 Å². The fraction of sp³-hybridized carbons (Fsp3) is 0.556. The number of rotatable bonds is 3. The van der Waals surface area contributed by atoms with Crippen LogP contribution in [0.2, 0.25) is 5.02 Å². The molecule has 5 nitrogen and oxygen atoms in total. The maximum atomic E-state index is 13.6. The number of hydrogen-bond donors (Lipinski definition) is 2. The molecule has 0 bridgehead atoms. The Bertz CT molecular complexity index is 740. The van der Waals surface area contributed by atoms with Crippen molar-refractivity contribution >= 4 is 34.5 Å². The van der Waals surface area contributed by atoms with Crippen LogP contribution in [0.5, 0.6) is 0 Å². The van der Waals surface area contributed by atoms with E-state index < -0.39 is 5.82 Å². The van der Waals surface area contributed by atoms with Crippen molar-refractivity contribution in [1.82, 2.24) is 15.3 Å². The Morgan fingerprint density at radius 3 is 2.68 bits per heavy atom. The van der Waals surface area contributed by atoms with Gasteiger partial charge in [-0.1, -0.05) is 24.4 Å². The lowest BCUT2D eigenvalue weighted by molar-refractivity contribution is -0.126. The molecule has 1 aromatic heterocycles. The molecule has 7 heteroatoms. The van der Waals surface area contributed by atoms with Gasteiger partial charge in [0.15, 0.2) is 0 Å². The number of piperidine rings is 1. The summed E-state index contributed by atoms with van der Waals surface area (Å²) in [6.07, 6.45) is 6.29. The van der Waals surface area contributed by atoms with E-state index in [1.54, 1.807) is 0 Å². The minimum atomic E-state index is -0.452. The number of fused-ring (bicyclic) bond motifs is 1. The number of aromatic amines is 1. The van der Waals surface area contributed by atoms with Crippen molar-refractivity contribution in [2.75, 3.05) is 18.0 Å². The molecule has 0 atom stereocenters. The van der Waals surface area contributed by atoms with E-state index in [0.29, 0.717) is 23.0 Å². The highest BCUT2D eigenvalue weighted by Crippen LogP contribution is 2.27. The maximum absolute atomic E-state index is 13.6. The number of nitrogens with zero attached hydrogens (tertiary/aromatic N) is 2. The smallest absolute Gasteiger partial charge is 0.223 e. The summed E-state index contributed by atoms with van der Waals surface area (Å²) < 4.78 is 13.6. The highest BCUT2D eigenvalue weighted by molar-refractivity contribution is 6.31. The molecule has 0 radical (unpaired) electrons. The zero-order valence-corrected chi connectivity index (χ0v) is 14.8. The van der Waals surface area contributed by atoms with Crippen molar-refractivity contribution in [3.05, 3.63) is 23.0 Å². The number of imidazole rings is 1. The molecule has 134 valence electrons. The predicted molar refractivity (Wildman–Crippen MR) is 96.4 cm³/mol. The molecule has 2 aromatic rings. The standard InChI is InChI=1S/C18H22ClFN4O/c19-13-9-15-16(10-14(13)20)23-18(22-15)24-7-5-11(6-8-24)17(25)21-12-3-1-2-4-12/h9-12H,1-8H2,(H,21,25)(H,22,23). The van der Waals surface area contributed by atoms with Crippen LogP contribution >= 0.6 is 11.6 Å². The SMILES string of the molecule is O=C(NC1CCCC1)C1CCN(c2nc3cc(Cl)c(F)cc3[nH]2)CC1. The van der Waals surface area contributed by atoms with E-state index in [4.69, 9.17) is 11.6 Å². The average molecular weight is 365 g/mol. The minimum absolute atomic E-state index is 0.0767. The van der Waals surface area contributed by atoms with Gasteiger partial charge in [0, 0.05) is 31.1 Å². The van der Waals surface area contributed by atoms with Crippen molar-refractivity contribution < 1.29 is 9.18 Å². The molecule has 1 aliphatic carbocycles. The zero-order chi connectivity index (χ0) is 17.4. The van der Waals surface area contributed by atoms with Crippen LogP contribution in [0.4, 0.5) is 10.3 Å². The number of aromatic nitrogens is 2. The quantitative estimate of drug-likeness (QED) is 0.874. The number of carbonyl (C=O) groups is 1. The number of anilines is 1. The largest absolute Gasteiger partial charge is 0.353 e. The second-order valence-electron chi connectivity index (χ2n) is 7.10. The summed E-state index contributed by atoms with van der Waals surface area (Å²) in [5, 5.41) is 3.28. The van der Waals surface area contributed by atoms with Gasteiger partial charge in [-0.05, 0) is 31.7 Å². The Morgan fingerprint density at radius 1 is 1.24 bits per heavy atom. The maximum Gasteiger partial charge on any atom is 0.223 e. The van der Waals surface area contributed by atoms with E-state index in [2.05, 4.69) is 20.2 Å². The summed E-state index contributed by atoms with van der Waals surface area (Å²) in [5.74, 6) is 0.538. The molecule has 2 heterocycles. The molecular weight excluding hydrogens is 343 g/mol. The van der Waals surface area contributed by atoms with E-state index in [1.807, 2.05) is 0 Å². The van der Waals surface area contributed by atoms with Crippen LogP contribution in [-0.2, 0) is 4.79 Å². The fourth-order valence-corrected chi connectivity index (χ4v) is 4.04. The van der Waals surface area contributed by atoms with E-state index in [9.17, 15) is 9.18 Å². The number of halogens is 2. The van der Waals surface area contributed by atoms with Gasteiger partial charge in [0.05, 0.1) is 16.1 Å². The van der Waals surface area contributed by atoms with Gasteiger partial charge in [0.1, 0.15) is 5.82 Å². The van der Waals surface area contributed by atoms with Gasteiger partial charge in [-0.2, -0.15) is 0 Å². The number of amides is 1. The number of hydrogen-bond acceptors (Lipinski definition) is 3. The van der Waals surface area contributed by atoms with Gasteiger partial charge in [0.2, 0.25) is 11.9 Å². The molecule has 2 N–H and O–H groups in total. The first-order valence-electron chi connectivity index (χ1n) is 9.00. The number of nitrogens with one attached hydrogen (secondary N) is 2. The van der Waals surface area contributed by atoms with Gasteiger partial charge in [0.25, 0.3) is 0 Å². The second-order valence-corrected chi connectivity index (χ2v) is 7.50. The molecule has 1 saturated carbocycles. The molecule has 1 aromatic carbocycles. The van der Waals surface area contributed by atoms with Crippen molar-refractivity contribution in [3.8, 4) is 0 Å². The highest BCUT2D eigenvalue weighted by atomic mass is 35.5. The minimum Gasteiger partial charge on any atom is -0.353 e. The van der Waals surface area contributed by atoms with Crippen molar-refractivity contribution in [2.45, 2.75) is 44.6 Å². The summed E-state index contributed by atoms with van der Waals surface area (Å²) in [4.78, 5) is 22.2. The summed E-state index contributed by atoms with van der Waals surface area (Å²) in [5.41, 5.74) is 1.29. The third-order valence-electron chi connectivity index (χ3n) is 5.38. The monoisotopic (exact) mass is 364 g/mol. The molecule has 1 saturated heterocycles. The number of H-pyrrole nitrogens is 1. The van der Waals surface area contributed by atoms with E-state index in [0.717, 1.165) is 38.8 Å². The number of benzene rings is 1. The molecule has 2 aliphatic rings. The van der Waals surface area contributed by atoms with Gasteiger partial charge < -0.3 is 15.2 Å². The average Bonchev–Trinajstić information content (AvgIpc) is 3.25. The van der Waals surface area contributed by atoms with Crippen molar-refractivity contribution in [1.29, 1.82) is 0 Å². The summed E-state index contributed by atoms with van der Waals surface area (Å²) in [6.45, 7) is 1.53. The molecule has 1 amide bonds. The van der Waals surface area contributed by atoms with Crippen LogP contribution in [-0.4, -0.2) is 35.0 Å². The van der Waals surface area contributed by atoms with Crippen LogP contribution in [0.1, 0.15) is 38.5 Å². The van der Waals surface area contributed by atoms with Crippen LogP contribution < -0.4 is 10.2 Å². The molecule has 0 spiro atoms. The topological polar surface area (TPSA) is 61.0 Å². The third-order valence-corrected chi connectivity index (χ3v) is 5.67. The molecular formula is C18H22ClFN4O. The summed E-state index contributed by atoms with van der Waals surface area (Å²) in [6, 6.07) is 3.28. The fourth-order valence-electron chi connectivity index (χ4n) is 3.88. The Labute approximate surface area is 150 Å². The molecule has 4 rings (SSSR count). The van der Waals surface area contributed by atoms with Crippen LogP contribution in [0.3, 0.4) is 0 Å². The normalized spacial score (nSPS) is 19.7. The molecule has 0 unspecified atom stereocenters. The Balaban J connectivity index is 1.39. The summed E-state index contributed by atoms with van der Waals surface area (Å²) >= 11 is 5.82. The predicted octanol–water partition coefficient (Wildman–Crippen LogP) is 3.63. The van der Waals surface area contributed by atoms with Gasteiger partial charge >= 0.3 is 0 Å². The lowest BCUT2D eigenvalue weighted by atomic mass is 9.95. The Hall–Kier alpha value is -1.82. The zero-order valence-electron chi connectivity index (χ0n) is 14.0. The van der Waals surface area contributed by atoms with Gasteiger partial charge in [-0.25, -0.2) is 9.37 Å². The van der Waals surface area contributed by atoms with Crippen LogP contribution in [0, 0.1) is 11.7 Å². The number of carbonyl (C=O) groups excluding carboxylic acids is 1. The Kier molecular flexibility index (Phi) is 4.54. The lowest BCUT2D eigenvalue weighted by Crippen LogP contribution is -2.43. The van der Waals surface area contributed by atoms with E-state index >= 15 is 0 Å². The van der Waals surface area contributed by atoms with Gasteiger partial charge in [-0.15, -0.1) is 0 Å². The first-order chi connectivity index (χ1) is 12.1. The van der Waals surface area contributed by atoms with E-state index in [-0.39, 0.29) is 16.8 Å². The Morgan fingerprint density at radius 2 is 1.96 bits per heavy atom. The second kappa shape index (κ2) is 6.83. The van der Waals surface area contributed by atoms with Crippen molar-refractivity contribution in [3.63, 3.8) is 0 Å². The van der Waals surface area contributed by atoms with Gasteiger partial charge in [-0.3, -0.25) is 4.79 Å². The van der Waals surface area contributed by atoms with Crippen LogP contribution in [0.15, 0.2) is 12.1 Å². The lowest BCUT2D eigenvalue weighted by Gasteiger charge is -2.31. The molecule has 25 heavy (non-hydrogen) atoms. The van der Waals surface area contributed by atoms with Crippen LogP contribution in [0.25, 0.3) is 11.0 Å². The molecule has 2 fully saturated rings. The third kappa shape index (κ3) is 3.45. The highest BCUT2D eigenvalue weighted by Gasteiger charge is 2.28.